The second-order valence-electron chi connectivity index (χ2n) is 1.88. The quantitative estimate of drug-likeness (QED) is 0.617. The normalized spacial score (nSPS) is 20.2. The Labute approximate surface area is 89.4 Å². The van der Waals surface area contributed by atoms with Crippen molar-refractivity contribution < 1.29 is 4.79 Å². The van der Waals surface area contributed by atoms with Gasteiger partial charge in [-0.25, -0.2) is 0 Å². The molecule has 0 amide bonds. The molecule has 0 spiro atoms. The molecule has 0 aromatic rings. The van der Waals surface area contributed by atoms with E-state index in [1.165, 1.54) is 0 Å². The summed E-state index contributed by atoms with van der Waals surface area (Å²) < 4.78 is 0.935. The Morgan fingerprint density at radius 3 is 1.92 bits per heavy atom. The van der Waals surface area contributed by atoms with Crippen LogP contribution in [-0.2, 0) is 0 Å². The van der Waals surface area contributed by atoms with Crippen molar-refractivity contribution in [3.8, 4) is 0 Å². The maximum atomic E-state index is 11.1. The van der Waals surface area contributed by atoms with Crippen LogP contribution in [0.15, 0.2) is 0 Å². The Morgan fingerprint density at radius 1 is 1.08 bits per heavy atom. The SMILES string of the molecule is O=C1SC(=S)NCCNC(=S)S1. The van der Waals surface area contributed by atoms with Gasteiger partial charge in [0.15, 0.2) is 0 Å². The Bertz CT molecular complexity index is 207. The zero-order valence-electron chi connectivity index (χ0n) is 5.96. The first-order valence-corrected chi connectivity index (χ1v) is 5.59. The fourth-order valence-electron chi connectivity index (χ4n) is 0.574. The Hall–Kier alpha value is 0.150. The molecular formula is C5H6N2OS4. The number of carbonyl (C=O) groups excluding carboxylic acids is 1. The van der Waals surface area contributed by atoms with Gasteiger partial charge in [-0.3, -0.25) is 4.79 Å². The highest BCUT2D eigenvalue weighted by atomic mass is 32.2. The highest BCUT2D eigenvalue weighted by molar-refractivity contribution is 8.53. The van der Waals surface area contributed by atoms with Gasteiger partial charge in [0.1, 0.15) is 8.64 Å². The van der Waals surface area contributed by atoms with E-state index in [1.54, 1.807) is 0 Å². The second-order valence-corrected chi connectivity index (χ2v) is 5.44. The van der Waals surface area contributed by atoms with Gasteiger partial charge in [-0.15, -0.1) is 0 Å². The third kappa shape index (κ3) is 3.70. The first-order chi connectivity index (χ1) is 5.68. The molecule has 0 aliphatic carbocycles. The molecular weight excluding hydrogens is 232 g/mol. The molecule has 0 radical (unpaired) electrons. The molecule has 0 atom stereocenters. The summed E-state index contributed by atoms with van der Waals surface area (Å²) in [6.07, 6.45) is 0. The van der Waals surface area contributed by atoms with Gasteiger partial charge in [-0.2, -0.15) is 0 Å². The van der Waals surface area contributed by atoms with Crippen molar-refractivity contribution in [2.75, 3.05) is 13.1 Å². The van der Waals surface area contributed by atoms with Gasteiger partial charge in [0.25, 0.3) is 4.45 Å². The molecule has 0 unspecified atom stereocenters. The Kier molecular flexibility index (Phi) is 4.27. The van der Waals surface area contributed by atoms with E-state index in [4.69, 9.17) is 24.4 Å². The molecule has 0 bridgehead atoms. The molecule has 0 saturated carbocycles. The smallest absolute Gasteiger partial charge is 0.259 e. The van der Waals surface area contributed by atoms with Gasteiger partial charge < -0.3 is 10.6 Å². The van der Waals surface area contributed by atoms with Gasteiger partial charge in [0.05, 0.1) is 0 Å². The van der Waals surface area contributed by atoms with Gasteiger partial charge in [0.2, 0.25) is 0 Å². The molecule has 0 aromatic heterocycles. The lowest BCUT2D eigenvalue weighted by Gasteiger charge is -2.02. The molecule has 1 heterocycles. The van der Waals surface area contributed by atoms with Crippen LogP contribution in [0.25, 0.3) is 0 Å². The van der Waals surface area contributed by atoms with Crippen molar-refractivity contribution in [1.29, 1.82) is 0 Å². The maximum absolute atomic E-state index is 11.1. The van der Waals surface area contributed by atoms with Gasteiger partial charge in [0, 0.05) is 13.1 Å². The summed E-state index contributed by atoms with van der Waals surface area (Å²) in [4.78, 5) is 11.1. The predicted octanol–water partition coefficient (Wildman–Crippen LogP) is 1.34. The summed E-state index contributed by atoms with van der Waals surface area (Å²) >= 11 is 11.8. The van der Waals surface area contributed by atoms with Gasteiger partial charge >= 0.3 is 0 Å². The molecule has 2 N–H and O–H groups in total. The highest BCUT2D eigenvalue weighted by Gasteiger charge is 2.12. The lowest BCUT2D eigenvalue weighted by molar-refractivity contribution is 0.277. The van der Waals surface area contributed by atoms with E-state index < -0.39 is 0 Å². The van der Waals surface area contributed by atoms with E-state index in [9.17, 15) is 4.79 Å². The first-order valence-electron chi connectivity index (χ1n) is 3.14. The van der Waals surface area contributed by atoms with Crippen LogP contribution in [0.4, 0.5) is 4.79 Å². The van der Waals surface area contributed by atoms with Crippen molar-refractivity contribution in [2.24, 2.45) is 0 Å². The number of hydrogen-bond donors (Lipinski definition) is 2. The third-order valence-electron chi connectivity index (χ3n) is 1.02. The lowest BCUT2D eigenvalue weighted by atomic mass is 10.6. The zero-order valence-corrected chi connectivity index (χ0v) is 9.22. The molecule has 1 rings (SSSR count). The predicted molar refractivity (Wildman–Crippen MR) is 61.8 cm³/mol. The topological polar surface area (TPSA) is 41.1 Å². The minimum atomic E-state index is -0.0908. The van der Waals surface area contributed by atoms with Crippen LogP contribution in [0.5, 0.6) is 0 Å². The largest absolute Gasteiger partial charge is 0.369 e. The third-order valence-corrected chi connectivity index (χ3v) is 3.30. The van der Waals surface area contributed by atoms with Crippen LogP contribution < -0.4 is 10.6 Å². The molecule has 3 nitrogen and oxygen atoms in total. The number of rotatable bonds is 0. The van der Waals surface area contributed by atoms with Crippen LogP contribution in [0.2, 0.25) is 0 Å². The van der Waals surface area contributed by atoms with E-state index >= 15 is 0 Å². The minimum absolute atomic E-state index is 0.0908. The van der Waals surface area contributed by atoms with Crippen LogP contribution in [0, 0.1) is 0 Å². The van der Waals surface area contributed by atoms with Gasteiger partial charge in [-0.05, 0) is 23.5 Å². The van der Waals surface area contributed by atoms with Gasteiger partial charge in [-0.1, -0.05) is 24.4 Å². The number of thiocarbonyl (C=S) groups is 2. The van der Waals surface area contributed by atoms with Crippen molar-refractivity contribution >= 4 is 61.0 Å². The van der Waals surface area contributed by atoms with Crippen LogP contribution in [0.3, 0.4) is 0 Å². The number of carbonyl (C=O) groups is 1. The summed E-state index contributed by atoms with van der Waals surface area (Å²) in [5.74, 6) is 0. The summed E-state index contributed by atoms with van der Waals surface area (Å²) in [6, 6.07) is 0. The number of thioether (sulfide) groups is 2. The molecule has 1 saturated heterocycles. The average molecular weight is 238 g/mol. The average Bonchev–Trinajstić information content (AvgIpc) is 2.01. The highest BCUT2D eigenvalue weighted by Crippen LogP contribution is 2.18. The van der Waals surface area contributed by atoms with Crippen molar-refractivity contribution in [2.45, 2.75) is 0 Å². The second kappa shape index (κ2) is 5.00. The monoisotopic (exact) mass is 238 g/mol. The van der Waals surface area contributed by atoms with Crippen molar-refractivity contribution in [3.63, 3.8) is 0 Å². The Balaban J connectivity index is 2.54. The van der Waals surface area contributed by atoms with Crippen molar-refractivity contribution in [3.05, 3.63) is 0 Å². The standard InChI is InChI=1S/C5H6N2OS4/c8-5-11-3(9)6-1-2-7-4(10)12-5/h1-2H2,(H,6,9)(H,7,10). The Morgan fingerprint density at radius 2 is 1.50 bits per heavy atom. The first kappa shape index (κ1) is 10.2. The fourth-order valence-corrected chi connectivity index (χ4v) is 2.87. The van der Waals surface area contributed by atoms with E-state index in [0.717, 1.165) is 23.5 Å². The fraction of sp³-hybridized carbons (Fsp3) is 0.400. The minimum Gasteiger partial charge on any atom is -0.369 e. The molecule has 0 aromatic carbocycles. The molecule has 1 aliphatic heterocycles. The van der Waals surface area contributed by atoms with Crippen LogP contribution in [0.1, 0.15) is 0 Å². The molecule has 12 heavy (non-hydrogen) atoms. The summed E-state index contributed by atoms with van der Waals surface area (Å²) in [5, 5.41) is 5.83. The number of nitrogens with one attached hydrogen (secondary N) is 2. The van der Waals surface area contributed by atoms with E-state index in [2.05, 4.69) is 10.6 Å². The molecule has 1 fully saturated rings. The summed E-state index contributed by atoms with van der Waals surface area (Å²) in [5.41, 5.74) is 0. The molecule has 66 valence electrons. The maximum Gasteiger partial charge on any atom is 0.259 e. The zero-order chi connectivity index (χ0) is 8.97. The summed E-state index contributed by atoms with van der Waals surface area (Å²) in [7, 11) is 0. The van der Waals surface area contributed by atoms with Crippen molar-refractivity contribution in [1.82, 2.24) is 10.6 Å². The number of hydrogen-bond acceptors (Lipinski definition) is 5. The molecule has 1 aliphatic rings. The van der Waals surface area contributed by atoms with E-state index in [-0.39, 0.29) is 4.45 Å². The summed E-state index contributed by atoms with van der Waals surface area (Å²) in [6.45, 7) is 1.39. The lowest BCUT2D eigenvalue weighted by Crippen LogP contribution is -2.29. The van der Waals surface area contributed by atoms with E-state index in [0.29, 0.717) is 21.7 Å². The van der Waals surface area contributed by atoms with Crippen LogP contribution >= 0.6 is 48.0 Å². The van der Waals surface area contributed by atoms with E-state index in [1.807, 2.05) is 0 Å². The van der Waals surface area contributed by atoms with Crippen LogP contribution in [-0.4, -0.2) is 26.2 Å². The molecule has 7 heteroatoms.